The van der Waals surface area contributed by atoms with Gasteiger partial charge in [0.2, 0.25) is 11.8 Å². The van der Waals surface area contributed by atoms with Gasteiger partial charge in [-0.05, 0) is 38.6 Å². The second-order valence-corrected chi connectivity index (χ2v) is 5.45. The monoisotopic (exact) mass is 267 g/mol. The number of nitrogens with one attached hydrogen (secondary N) is 1. The fraction of sp³-hybridized carbons (Fsp3) is 0.857. The minimum atomic E-state index is -0.0899. The van der Waals surface area contributed by atoms with Gasteiger partial charge in [-0.25, -0.2) is 0 Å². The molecule has 0 aromatic rings. The summed E-state index contributed by atoms with van der Waals surface area (Å²) in [5, 5.41) is 3.20. The molecule has 0 aliphatic carbocycles. The molecular weight excluding hydrogens is 242 g/mol. The first-order valence-electron chi connectivity index (χ1n) is 7.52. The Kier molecular flexibility index (Phi) is 5.19. The quantitative estimate of drug-likeness (QED) is 0.811. The van der Waals surface area contributed by atoms with Gasteiger partial charge < -0.3 is 15.1 Å². The summed E-state index contributed by atoms with van der Waals surface area (Å²) in [5.41, 5.74) is 0. The number of likely N-dealkylation sites (N-methyl/N-ethyl adjacent to an activating group) is 1. The molecule has 5 nitrogen and oxygen atoms in total. The van der Waals surface area contributed by atoms with E-state index in [0.717, 1.165) is 51.9 Å². The number of nitrogens with zero attached hydrogens (tertiary/aromatic N) is 2. The molecule has 2 fully saturated rings. The summed E-state index contributed by atoms with van der Waals surface area (Å²) in [5.74, 6) is 0.212. The average Bonchev–Trinajstić information content (AvgIpc) is 2.44. The molecule has 0 bridgehead atoms. The van der Waals surface area contributed by atoms with Crippen LogP contribution in [-0.4, -0.2) is 60.4 Å². The Morgan fingerprint density at radius 3 is 2.63 bits per heavy atom. The second-order valence-electron chi connectivity index (χ2n) is 5.45. The fourth-order valence-electron chi connectivity index (χ4n) is 2.94. The topological polar surface area (TPSA) is 52.7 Å². The van der Waals surface area contributed by atoms with E-state index >= 15 is 0 Å². The van der Waals surface area contributed by atoms with Crippen molar-refractivity contribution in [2.45, 2.75) is 45.1 Å². The molecule has 0 spiro atoms. The van der Waals surface area contributed by atoms with Crippen LogP contribution in [0.3, 0.4) is 0 Å². The lowest BCUT2D eigenvalue weighted by Gasteiger charge is -2.34. The van der Waals surface area contributed by atoms with Crippen LogP contribution in [0.5, 0.6) is 0 Å². The van der Waals surface area contributed by atoms with Crippen LogP contribution in [0.4, 0.5) is 0 Å². The van der Waals surface area contributed by atoms with Gasteiger partial charge in [0.1, 0.15) is 0 Å². The Morgan fingerprint density at radius 2 is 1.95 bits per heavy atom. The summed E-state index contributed by atoms with van der Waals surface area (Å²) in [6.07, 6.45) is 5.28. The van der Waals surface area contributed by atoms with E-state index in [9.17, 15) is 9.59 Å². The van der Waals surface area contributed by atoms with Crippen molar-refractivity contribution in [3.63, 3.8) is 0 Å². The maximum atomic E-state index is 12.2. The lowest BCUT2D eigenvalue weighted by atomic mass is 10.0. The van der Waals surface area contributed by atoms with Gasteiger partial charge in [0.15, 0.2) is 0 Å². The largest absolute Gasteiger partial charge is 0.341 e. The van der Waals surface area contributed by atoms with E-state index in [4.69, 9.17) is 0 Å². The minimum absolute atomic E-state index is 0.0899. The third kappa shape index (κ3) is 3.69. The lowest BCUT2D eigenvalue weighted by Crippen LogP contribution is -2.53. The van der Waals surface area contributed by atoms with E-state index in [1.54, 1.807) is 4.90 Å². The van der Waals surface area contributed by atoms with Gasteiger partial charge in [0.05, 0.1) is 12.6 Å². The Balaban J connectivity index is 1.86. The molecule has 108 valence electrons. The fourth-order valence-corrected chi connectivity index (χ4v) is 2.94. The first-order valence-corrected chi connectivity index (χ1v) is 7.52. The van der Waals surface area contributed by atoms with E-state index in [1.807, 2.05) is 11.8 Å². The van der Waals surface area contributed by atoms with Crippen LogP contribution >= 0.6 is 0 Å². The Bertz CT molecular complexity index is 325. The highest BCUT2D eigenvalue weighted by Gasteiger charge is 2.30. The third-order valence-corrected chi connectivity index (χ3v) is 4.02. The van der Waals surface area contributed by atoms with Crippen molar-refractivity contribution in [1.29, 1.82) is 0 Å². The number of hydrogen-bond acceptors (Lipinski definition) is 3. The lowest BCUT2D eigenvalue weighted by molar-refractivity contribution is -0.143. The summed E-state index contributed by atoms with van der Waals surface area (Å²) in [4.78, 5) is 28.1. The van der Waals surface area contributed by atoms with Crippen molar-refractivity contribution >= 4 is 11.8 Å². The Hall–Kier alpha value is -1.10. The smallest absolute Gasteiger partial charge is 0.242 e. The minimum Gasteiger partial charge on any atom is -0.341 e. The number of carbonyl (C=O) groups excluding carboxylic acids is 2. The number of piperidine rings is 2. The van der Waals surface area contributed by atoms with Crippen LogP contribution in [0.1, 0.15) is 39.0 Å². The Morgan fingerprint density at radius 1 is 1.21 bits per heavy atom. The number of hydrogen-bond donors (Lipinski definition) is 1. The van der Waals surface area contributed by atoms with Gasteiger partial charge in [-0.3, -0.25) is 9.59 Å². The molecule has 0 aromatic heterocycles. The summed E-state index contributed by atoms with van der Waals surface area (Å²) < 4.78 is 0. The average molecular weight is 267 g/mol. The van der Waals surface area contributed by atoms with Gasteiger partial charge in [-0.1, -0.05) is 6.92 Å². The van der Waals surface area contributed by atoms with Crippen LogP contribution in [0.25, 0.3) is 0 Å². The highest BCUT2D eigenvalue weighted by Crippen LogP contribution is 2.14. The molecule has 2 heterocycles. The standard InChI is InChI=1S/C14H25N3O2/c1-2-15-12-7-6-10-17(14(12)19)11-13(18)16-8-4-3-5-9-16/h12,15H,2-11H2,1H3. The molecule has 0 radical (unpaired) electrons. The van der Waals surface area contributed by atoms with Crippen LogP contribution in [0.15, 0.2) is 0 Å². The molecule has 1 N–H and O–H groups in total. The molecular formula is C14H25N3O2. The van der Waals surface area contributed by atoms with Crippen molar-refractivity contribution in [1.82, 2.24) is 15.1 Å². The van der Waals surface area contributed by atoms with Crippen molar-refractivity contribution in [2.75, 3.05) is 32.7 Å². The zero-order valence-corrected chi connectivity index (χ0v) is 11.9. The van der Waals surface area contributed by atoms with Gasteiger partial charge in [0.25, 0.3) is 0 Å². The van der Waals surface area contributed by atoms with E-state index in [0.29, 0.717) is 0 Å². The number of carbonyl (C=O) groups is 2. The SMILES string of the molecule is CCNC1CCCN(CC(=O)N2CCCCC2)C1=O. The molecule has 2 rings (SSSR count). The molecule has 1 atom stereocenters. The molecule has 2 amide bonds. The van der Waals surface area contributed by atoms with E-state index in [2.05, 4.69) is 5.32 Å². The maximum absolute atomic E-state index is 12.2. The summed E-state index contributed by atoms with van der Waals surface area (Å²) in [6.45, 7) is 5.51. The summed E-state index contributed by atoms with van der Waals surface area (Å²) in [6, 6.07) is -0.0899. The summed E-state index contributed by atoms with van der Waals surface area (Å²) >= 11 is 0. The van der Waals surface area contributed by atoms with Gasteiger partial charge >= 0.3 is 0 Å². The van der Waals surface area contributed by atoms with Crippen LogP contribution in [0, 0.1) is 0 Å². The molecule has 1 unspecified atom stereocenters. The Labute approximate surface area is 115 Å². The van der Waals surface area contributed by atoms with Crippen molar-refractivity contribution in [3.8, 4) is 0 Å². The van der Waals surface area contributed by atoms with Crippen molar-refractivity contribution in [3.05, 3.63) is 0 Å². The predicted octanol–water partition coefficient (Wildman–Crippen LogP) is 0.599. The van der Waals surface area contributed by atoms with Gasteiger partial charge in [-0.15, -0.1) is 0 Å². The van der Waals surface area contributed by atoms with E-state index in [1.165, 1.54) is 6.42 Å². The van der Waals surface area contributed by atoms with Crippen molar-refractivity contribution in [2.24, 2.45) is 0 Å². The highest BCUT2D eigenvalue weighted by atomic mass is 16.2. The van der Waals surface area contributed by atoms with Gasteiger partial charge in [0, 0.05) is 19.6 Å². The summed E-state index contributed by atoms with van der Waals surface area (Å²) in [7, 11) is 0. The normalized spacial score (nSPS) is 24.7. The van der Waals surface area contributed by atoms with E-state index in [-0.39, 0.29) is 24.4 Å². The number of likely N-dealkylation sites (tertiary alicyclic amines) is 2. The van der Waals surface area contributed by atoms with Crippen LogP contribution in [-0.2, 0) is 9.59 Å². The van der Waals surface area contributed by atoms with Crippen LogP contribution in [0.2, 0.25) is 0 Å². The third-order valence-electron chi connectivity index (χ3n) is 4.02. The number of rotatable bonds is 4. The molecule has 0 aromatic carbocycles. The van der Waals surface area contributed by atoms with Crippen LogP contribution < -0.4 is 5.32 Å². The first-order chi connectivity index (χ1) is 9.22. The molecule has 2 saturated heterocycles. The zero-order valence-electron chi connectivity index (χ0n) is 11.9. The van der Waals surface area contributed by atoms with Gasteiger partial charge in [-0.2, -0.15) is 0 Å². The molecule has 2 aliphatic rings. The van der Waals surface area contributed by atoms with Crippen molar-refractivity contribution < 1.29 is 9.59 Å². The first kappa shape index (κ1) is 14.3. The maximum Gasteiger partial charge on any atom is 0.242 e. The second kappa shape index (κ2) is 6.89. The molecule has 19 heavy (non-hydrogen) atoms. The zero-order chi connectivity index (χ0) is 13.7. The molecule has 2 aliphatic heterocycles. The highest BCUT2D eigenvalue weighted by molar-refractivity contribution is 5.88. The molecule has 0 saturated carbocycles. The number of amides is 2. The molecule has 5 heteroatoms. The predicted molar refractivity (Wildman–Crippen MR) is 73.7 cm³/mol. The van der Waals surface area contributed by atoms with E-state index < -0.39 is 0 Å².